The maximum Gasteiger partial charge on any atom is 0.326 e. The summed E-state index contributed by atoms with van der Waals surface area (Å²) in [5.41, 5.74) is 0. The molecule has 0 aliphatic rings. The number of carbonyl (C=O) groups is 3. The Morgan fingerprint density at radius 2 is 2.06 bits per heavy atom. The van der Waals surface area contributed by atoms with Gasteiger partial charge in [0.25, 0.3) is 0 Å². The number of nitrogens with zero attached hydrogens (tertiary/aromatic N) is 1. The van der Waals surface area contributed by atoms with Gasteiger partial charge in [-0.05, 0) is 6.42 Å². The Morgan fingerprint density at radius 1 is 1.47 bits per heavy atom. The van der Waals surface area contributed by atoms with Crippen molar-refractivity contribution in [3.05, 3.63) is 12.7 Å². The molecule has 0 saturated carbocycles. The quantitative estimate of drug-likeness (QED) is 0.543. The molecule has 0 aromatic carbocycles. The van der Waals surface area contributed by atoms with Gasteiger partial charge in [0.2, 0.25) is 5.91 Å². The van der Waals surface area contributed by atoms with E-state index in [9.17, 15) is 14.4 Å². The summed E-state index contributed by atoms with van der Waals surface area (Å²) in [6, 6.07) is -1.66. The average Bonchev–Trinajstić information content (AvgIpc) is 2.27. The number of urea groups is 1. The van der Waals surface area contributed by atoms with E-state index in [1.807, 2.05) is 0 Å². The third-order valence-corrected chi connectivity index (χ3v) is 2.00. The molecule has 0 aliphatic heterocycles. The number of aliphatic carboxylic acids is 1. The van der Waals surface area contributed by atoms with Gasteiger partial charge in [0.1, 0.15) is 12.6 Å². The molecule has 7 heteroatoms. The molecule has 17 heavy (non-hydrogen) atoms. The number of carbonyl (C=O) groups excluding carboxylic acids is 2. The van der Waals surface area contributed by atoms with Crippen LogP contribution in [0.3, 0.4) is 0 Å². The van der Waals surface area contributed by atoms with E-state index in [4.69, 9.17) is 5.11 Å². The van der Waals surface area contributed by atoms with Crippen molar-refractivity contribution < 1.29 is 19.5 Å². The number of nitrogens with one attached hydrogen (secondary N) is 2. The second-order valence-corrected chi connectivity index (χ2v) is 3.39. The molecule has 0 radical (unpaired) electrons. The Balaban J connectivity index is 4.34. The zero-order valence-electron chi connectivity index (χ0n) is 9.90. The molecule has 3 N–H and O–H groups in total. The van der Waals surface area contributed by atoms with E-state index < -0.39 is 18.0 Å². The molecule has 0 saturated heterocycles. The summed E-state index contributed by atoms with van der Waals surface area (Å²) in [6.45, 7) is 3.27. The van der Waals surface area contributed by atoms with E-state index in [0.29, 0.717) is 0 Å². The molecule has 0 aromatic heterocycles. The zero-order chi connectivity index (χ0) is 13.4. The highest BCUT2D eigenvalue weighted by Crippen LogP contribution is 1.95. The van der Waals surface area contributed by atoms with Crippen LogP contribution in [0.25, 0.3) is 0 Å². The first-order valence-electron chi connectivity index (χ1n) is 4.98. The van der Waals surface area contributed by atoms with Crippen molar-refractivity contribution in [2.75, 3.05) is 20.6 Å². The maximum absolute atomic E-state index is 11.5. The van der Waals surface area contributed by atoms with Crippen molar-refractivity contribution in [3.63, 3.8) is 0 Å². The molecular weight excluding hydrogens is 226 g/mol. The average molecular weight is 243 g/mol. The summed E-state index contributed by atoms with van der Waals surface area (Å²) < 4.78 is 0. The first-order valence-corrected chi connectivity index (χ1v) is 4.98. The summed E-state index contributed by atoms with van der Waals surface area (Å²) in [4.78, 5) is 34.4. The lowest BCUT2D eigenvalue weighted by Crippen LogP contribution is -2.48. The predicted molar refractivity (Wildman–Crippen MR) is 61.5 cm³/mol. The molecule has 0 heterocycles. The van der Waals surface area contributed by atoms with Crippen LogP contribution in [0.5, 0.6) is 0 Å². The summed E-state index contributed by atoms with van der Waals surface area (Å²) >= 11 is 0. The van der Waals surface area contributed by atoms with Gasteiger partial charge in [-0.3, -0.25) is 4.79 Å². The summed E-state index contributed by atoms with van der Waals surface area (Å²) in [7, 11) is 2.85. The van der Waals surface area contributed by atoms with Gasteiger partial charge in [0, 0.05) is 14.1 Å². The monoisotopic (exact) mass is 243 g/mol. The van der Waals surface area contributed by atoms with Crippen LogP contribution in [0.15, 0.2) is 12.7 Å². The molecule has 3 amide bonds. The Labute approximate surface area is 99.5 Å². The van der Waals surface area contributed by atoms with Gasteiger partial charge in [0.05, 0.1) is 0 Å². The van der Waals surface area contributed by atoms with Gasteiger partial charge in [-0.15, -0.1) is 6.58 Å². The Hall–Kier alpha value is -2.05. The molecule has 0 rings (SSSR count). The van der Waals surface area contributed by atoms with Crippen LogP contribution in [0, 0.1) is 0 Å². The minimum Gasteiger partial charge on any atom is -0.480 e. The van der Waals surface area contributed by atoms with Gasteiger partial charge in [-0.1, -0.05) is 6.08 Å². The molecule has 0 aromatic rings. The molecule has 0 spiro atoms. The van der Waals surface area contributed by atoms with Crippen molar-refractivity contribution in [2.24, 2.45) is 0 Å². The number of hydrogen-bond donors (Lipinski definition) is 3. The van der Waals surface area contributed by atoms with E-state index >= 15 is 0 Å². The lowest BCUT2D eigenvalue weighted by Gasteiger charge is -2.20. The molecule has 0 aliphatic carbocycles. The lowest BCUT2D eigenvalue weighted by molar-refractivity contribution is -0.139. The Bertz CT molecular complexity index is 317. The van der Waals surface area contributed by atoms with Crippen LogP contribution >= 0.6 is 0 Å². The predicted octanol–water partition coefficient (Wildman–Crippen LogP) is -0.597. The number of rotatable bonds is 6. The second-order valence-electron chi connectivity index (χ2n) is 3.39. The Morgan fingerprint density at radius 3 is 2.47 bits per heavy atom. The van der Waals surface area contributed by atoms with E-state index in [1.165, 1.54) is 20.2 Å². The number of hydrogen-bond acceptors (Lipinski definition) is 3. The molecule has 0 bridgehead atoms. The van der Waals surface area contributed by atoms with E-state index in [2.05, 4.69) is 17.2 Å². The first-order chi connectivity index (χ1) is 7.92. The second kappa shape index (κ2) is 7.26. The van der Waals surface area contributed by atoms with E-state index in [0.717, 1.165) is 4.90 Å². The van der Waals surface area contributed by atoms with E-state index in [1.54, 1.807) is 0 Å². The standard InChI is InChI=1S/C10H17N3O4/c1-4-5-7(9(15)16)12-10(17)13(3)6-8(14)11-2/h4,7H,1,5-6H2,2-3H3,(H,11,14)(H,12,17)(H,15,16). The highest BCUT2D eigenvalue weighted by Gasteiger charge is 2.20. The minimum atomic E-state index is -1.15. The Kier molecular flexibility index (Phi) is 6.39. The summed E-state index contributed by atoms with van der Waals surface area (Å²) in [5, 5.41) is 13.4. The van der Waals surface area contributed by atoms with Crippen molar-refractivity contribution in [1.29, 1.82) is 0 Å². The molecule has 1 unspecified atom stereocenters. The van der Waals surface area contributed by atoms with Crippen LogP contribution in [-0.4, -0.2) is 54.6 Å². The van der Waals surface area contributed by atoms with Crippen molar-refractivity contribution in [1.82, 2.24) is 15.5 Å². The fourth-order valence-electron chi connectivity index (χ4n) is 1.01. The van der Waals surface area contributed by atoms with Gasteiger partial charge in [-0.25, -0.2) is 9.59 Å². The number of likely N-dealkylation sites (N-methyl/N-ethyl adjacent to an activating group) is 2. The topological polar surface area (TPSA) is 98.7 Å². The normalized spacial score (nSPS) is 11.2. The van der Waals surface area contributed by atoms with Gasteiger partial charge < -0.3 is 20.6 Å². The smallest absolute Gasteiger partial charge is 0.326 e. The molecule has 96 valence electrons. The van der Waals surface area contributed by atoms with Crippen LogP contribution in [-0.2, 0) is 9.59 Å². The third kappa shape index (κ3) is 5.55. The maximum atomic E-state index is 11.5. The van der Waals surface area contributed by atoms with Crippen LogP contribution in [0.4, 0.5) is 4.79 Å². The third-order valence-electron chi connectivity index (χ3n) is 2.00. The van der Waals surface area contributed by atoms with E-state index in [-0.39, 0.29) is 18.9 Å². The fourth-order valence-corrected chi connectivity index (χ4v) is 1.01. The number of carboxylic acid groups (broad SMARTS) is 1. The molecular formula is C10H17N3O4. The van der Waals surface area contributed by atoms with Crippen molar-refractivity contribution in [3.8, 4) is 0 Å². The highest BCUT2D eigenvalue weighted by molar-refractivity contribution is 5.86. The number of amides is 3. The van der Waals surface area contributed by atoms with Crippen molar-refractivity contribution in [2.45, 2.75) is 12.5 Å². The van der Waals surface area contributed by atoms with Crippen molar-refractivity contribution >= 4 is 17.9 Å². The zero-order valence-corrected chi connectivity index (χ0v) is 9.90. The van der Waals surface area contributed by atoms with Crippen LogP contribution in [0.1, 0.15) is 6.42 Å². The summed E-state index contributed by atoms with van der Waals surface area (Å²) in [5.74, 6) is -1.48. The summed E-state index contributed by atoms with van der Waals surface area (Å²) in [6.07, 6.45) is 1.52. The fraction of sp³-hybridized carbons (Fsp3) is 0.500. The number of carboxylic acids is 1. The first kappa shape index (κ1) is 14.9. The minimum absolute atomic E-state index is 0.120. The molecule has 7 nitrogen and oxygen atoms in total. The SMILES string of the molecule is C=CCC(NC(=O)N(C)CC(=O)NC)C(=O)O. The molecule has 1 atom stereocenters. The van der Waals surface area contributed by atoms with Gasteiger partial charge in [0.15, 0.2) is 0 Å². The van der Waals surface area contributed by atoms with Gasteiger partial charge in [-0.2, -0.15) is 0 Å². The van der Waals surface area contributed by atoms with Gasteiger partial charge >= 0.3 is 12.0 Å². The largest absolute Gasteiger partial charge is 0.480 e. The van der Waals surface area contributed by atoms with Crippen LogP contribution in [0.2, 0.25) is 0 Å². The van der Waals surface area contributed by atoms with Crippen LogP contribution < -0.4 is 10.6 Å². The lowest BCUT2D eigenvalue weighted by atomic mass is 10.2. The molecule has 0 fully saturated rings. The highest BCUT2D eigenvalue weighted by atomic mass is 16.4.